The van der Waals surface area contributed by atoms with Gasteiger partial charge in [-0.25, -0.2) is 4.98 Å². The third kappa shape index (κ3) is 4.66. The molecule has 1 amide bonds. The van der Waals surface area contributed by atoms with E-state index < -0.39 is 17.8 Å². The predicted octanol–water partition coefficient (Wildman–Crippen LogP) is 4.40. The van der Waals surface area contributed by atoms with Crippen LogP contribution in [-0.2, 0) is 10.9 Å². The predicted molar refractivity (Wildman–Crippen MR) is 130 cm³/mol. The molecule has 4 heterocycles. The van der Waals surface area contributed by atoms with Crippen LogP contribution in [0.2, 0.25) is 0 Å². The maximum absolute atomic E-state index is 13.2. The number of fused-ring (bicyclic) bond motifs is 3. The molecule has 0 unspecified atom stereocenters. The number of hydrogen-bond acceptors (Lipinski definition) is 6. The molecule has 2 aromatic heterocycles. The smallest absolute Gasteiger partial charge is 0.396 e. The molecular weight excluding hydrogens is 487 g/mol. The summed E-state index contributed by atoms with van der Waals surface area (Å²) in [6, 6.07) is 7.49. The van der Waals surface area contributed by atoms with Gasteiger partial charge in [0.05, 0.1) is 41.7 Å². The lowest BCUT2D eigenvalue weighted by Gasteiger charge is -2.30. The monoisotopic (exact) mass is 515 g/mol. The number of nitrogens with one attached hydrogen (secondary N) is 1. The third-order valence-electron chi connectivity index (χ3n) is 7.82. The molecule has 3 aromatic rings. The zero-order chi connectivity index (χ0) is 25.7. The lowest BCUT2D eigenvalue weighted by atomic mass is 9.87. The molecule has 2 bridgehead atoms. The summed E-state index contributed by atoms with van der Waals surface area (Å²) in [5.41, 5.74) is 0.661. The molecule has 196 valence electrons. The van der Waals surface area contributed by atoms with E-state index in [0.29, 0.717) is 24.8 Å². The molecule has 2 atom stereocenters. The highest BCUT2D eigenvalue weighted by Gasteiger charge is 2.40. The first-order valence-corrected chi connectivity index (χ1v) is 12.7. The summed E-state index contributed by atoms with van der Waals surface area (Å²) in [7, 11) is 0. The Kier molecular flexibility index (Phi) is 6.07. The number of ether oxygens (including phenoxy) is 1. The summed E-state index contributed by atoms with van der Waals surface area (Å²) < 4.78 is 47.2. The van der Waals surface area contributed by atoms with Gasteiger partial charge in [-0.2, -0.15) is 18.3 Å². The Bertz CT molecular complexity index is 1320. The van der Waals surface area contributed by atoms with Gasteiger partial charge in [-0.3, -0.25) is 9.48 Å². The van der Waals surface area contributed by atoms with Gasteiger partial charge in [0.2, 0.25) is 0 Å². The Morgan fingerprint density at radius 2 is 1.97 bits per heavy atom. The Labute approximate surface area is 211 Å². The van der Waals surface area contributed by atoms with Crippen LogP contribution in [0.25, 0.3) is 10.9 Å². The zero-order valence-corrected chi connectivity index (χ0v) is 20.1. The van der Waals surface area contributed by atoms with E-state index in [9.17, 15) is 23.1 Å². The summed E-state index contributed by atoms with van der Waals surface area (Å²) >= 11 is 0. The number of anilines is 2. The highest BCUT2D eigenvalue weighted by Crippen LogP contribution is 2.40. The topological polar surface area (TPSA) is 92.5 Å². The number of carbonyl (C=O) groups is 1. The van der Waals surface area contributed by atoms with Crippen molar-refractivity contribution < 1.29 is 27.8 Å². The van der Waals surface area contributed by atoms with Crippen molar-refractivity contribution in [2.75, 3.05) is 30.0 Å². The number of aromatic nitrogens is 3. The molecule has 1 aromatic carbocycles. The lowest BCUT2D eigenvalue weighted by Crippen LogP contribution is -2.37. The first-order valence-electron chi connectivity index (χ1n) is 12.7. The quantitative estimate of drug-likeness (QED) is 0.523. The first-order chi connectivity index (χ1) is 17.8. The van der Waals surface area contributed by atoms with E-state index in [1.54, 1.807) is 0 Å². The molecule has 2 saturated heterocycles. The number of pyridine rings is 1. The first kappa shape index (κ1) is 24.2. The number of aliphatic hydroxyl groups is 1. The number of alkyl halides is 3. The highest BCUT2D eigenvalue weighted by molar-refractivity contribution is 6.06. The summed E-state index contributed by atoms with van der Waals surface area (Å²) in [4.78, 5) is 18.8. The number of hydrogen-bond donors (Lipinski definition) is 2. The van der Waals surface area contributed by atoms with Crippen LogP contribution in [0, 0.1) is 5.92 Å². The van der Waals surface area contributed by atoms with Gasteiger partial charge in [0, 0.05) is 24.7 Å². The molecular formula is C26H28F3N5O3. The molecule has 11 heteroatoms. The van der Waals surface area contributed by atoms with Crippen molar-refractivity contribution in [2.45, 2.75) is 56.5 Å². The van der Waals surface area contributed by atoms with Gasteiger partial charge in [0.15, 0.2) is 0 Å². The normalized spacial score (nSPS) is 25.7. The van der Waals surface area contributed by atoms with Crippen molar-refractivity contribution >= 4 is 28.2 Å². The lowest BCUT2D eigenvalue weighted by molar-refractivity contribution is -0.141. The second kappa shape index (κ2) is 9.29. The fraction of sp³-hybridized carbons (Fsp3) is 0.500. The number of halogens is 3. The Morgan fingerprint density at radius 1 is 1.16 bits per heavy atom. The molecule has 1 saturated carbocycles. The Hall–Kier alpha value is -3.18. The van der Waals surface area contributed by atoms with Crippen LogP contribution in [0.4, 0.5) is 24.5 Å². The van der Waals surface area contributed by atoms with E-state index in [1.165, 1.54) is 12.1 Å². The number of benzene rings is 1. The van der Waals surface area contributed by atoms with Gasteiger partial charge >= 0.3 is 6.18 Å². The van der Waals surface area contributed by atoms with Crippen molar-refractivity contribution in [3.63, 3.8) is 0 Å². The number of nitrogens with zero attached hydrogens (tertiary/aromatic N) is 4. The largest absolute Gasteiger partial charge is 0.433 e. The van der Waals surface area contributed by atoms with Crippen LogP contribution >= 0.6 is 0 Å². The van der Waals surface area contributed by atoms with Crippen LogP contribution in [0.3, 0.4) is 0 Å². The second-order valence-electron chi connectivity index (χ2n) is 10.3. The van der Waals surface area contributed by atoms with Crippen LogP contribution in [0.5, 0.6) is 0 Å². The van der Waals surface area contributed by atoms with Crippen molar-refractivity contribution in [1.29, 1.82) is 0 Å². The fourth-order valence-electron chi connectivity index (χ4n) is 5.80. The van der Waals surface area contributed by atoms with Gasteiger partial charge in [-0.05, 0) is 62.3 Å². The molecule has 37 heavy (non-hydrogen) atoms. The van der Waals surface area contributed by atoms with Crippen molar-refractivity contribution in [1.82, 2.24) is 14.8 Å². The molecule has 1 aliphatic carbocycles. The minimum atomic E-state index is -4.64. The standard InChI is InChI=1S/C26H28F3N5O3/c27-26(28,29)24-3-1-2-20(30-24)25(36)31-22-8-16-11-34(17-6-4-15(13-35)5-7-17)32-21(16)10-23(22)33-12-19-9-18(33)14-37-19/h1-3,8,10-11,15,17-19,35H,4-7,9,12-14H2,(H,31,36)/t15?,17?,18-,19-/m1/s1. The number of amides is 1. The van der Waals surface area contributed by atoms with Crippen LogP contribution in [0.15, 0.2) is 36.5 Å². The van der Waals surface area contributed by atoms with E-state index in [4.69, 9.17) is 9.84 Å². The molecule has 0 radical (unpaired) electrons. The Morgan fingerprint density at radius 3 is 2.65 bits per heavy atom. The molecule has 2 N–H and O–H groups in total. The summed E-state index contributed by atoms with van der Waals surface area (Å²) in [6.07, 6.45) is 2.10. The highest BCUT2D eigenvalue weighted by atomic mass is 19.4. The van der Waals surface area contributed by atoms with E-state index >= 15 is 0 Å². The van der Waals surface area contributed by atoms with Gasteiger partial charge in [-0.1, -0.05) is 6.07 Å². The summed E-state index contributed by atoms with van der Waals surface area (Å²) in [6.45, 7) is 1.48. The second-order valence-corrected chi connectivity index (χ2v) is 10.3. The number of carbonyl (C=O) groups excluding carboxylic acids is 1. The molecule has 6 rings (SSSR count). The SMILES string of the molecule is O=C(Nc1cc2cn(C3CCC(CO)CC3)nc2cc1N1C[C@H]2C[C@@H]1CO2)c1cccc(C(F)(F)F)n1. The molecule has 3 aliphatic rings. The minimum absolute atomic E-state index is 0.119. The van der Waals surface area contributed by atoms with Gasteiger partial charge < -0.3 is 20.1 Å². The average Bonchev–Trinajstić information content (AvgIpc) is 3.63. The maximum Gasteiger partial charge on any atom is 0.433 e. The van der Waals surface area contributed by atoms with Gasteiger partial charge in [-0.15, -0.1) is 0 Å². The van der Waals surface area contributed by atoms with Crippen molar-refractivity contribution in [2.24, 2.45) is 5.92 Å². The molecule has 3 fully saturated rings. The van der Waals surface area contributed by atoms with Gasteiger partial charge in [0.1, 0.15) is 11.4 Å². The van der Waals surface area contributed by atoms with Gasteiger partial charge in [0.25, 0.3) is 5.91 Å². The number of morpholine rings is 1. The fourth-order valence-corrected chi connectivity index (χ4v) is 5.80. The van der Waals surface area contributed by atoms with E-state index in [0.717, 1.165) is 54.8 Å². The average molecular weight is 516 g/mol. The molecule has 0 spiro atoms. The molecule has 8 nitrogen and oxygen atoms in total. The van der Waals surface area contributed by atoms with E-state index in [1.807, 2.05) is 23.0 Å². The van der Waals surface area contributed by atoms with Crippen LogP contribution in [-0.4, -0.2) is 57.7 Å². The van der Waals surface area contributed by atoms with Crippen LogP contribution < -0.4 is 10.2 Å². The van der Waals surface area contributed by atoms with Crippen molar-refractivity contribution in [3.8, 4) is 0 Å². The number of rotatable bonds is 5. The van der Waals surface area contributed by atoms with Crippen LogP contribution in [0.1, 0.15) is 54.3 Å². The Balaban J connectivity index is 1.33. The summed E-state index contributed by atoms with van der Waals surface area (Å²) in [5.74, 6) is -0.367. The van der Waals surface area contributed by atoms with E-state index in [2.05, 4.69) is 15.2 Å². The molecule has 2 aliphatic heterocycles. The zero-order valence-electron chi connectivity index (χ0n) is 20.1. The van der Waals surface area contributed by atoms with E-state index in [-0.39, 0.29) is 30.5 Å². The summed E-state index contributed by atoms with van der Waals surface area (Å²) in [5, 5.41) is 17.9. The minimum Gasteiger partial charge on any atom is -0.396 e. The maximum atomic E-state index is 13.2. The number of aliphatic hydroxyl groups excluding tert-OH is 1. The third-order valence-corrected chi connectivity index (χ3v) is 7.82. The van der Waals surface area contributed by atoms with Crippen molar-refractivity contribution in [3.05, 3.63) is 47.9 Å².